The molecule has 35 heavy (non-hydrogen) atoms. The van der Waals surface area contributed by atoms with Crippen molar-refractivity contribution < 1.29 is 33.6 Å². The van der Waals surface area contributed by atoms with Crippen LogP contribution in [0.4, 0.5) is 0 Å². The van der Waals surface area contributed by atoms with E-state index in [4.69, 9.17) is 9.30 Å². The van der Waals surface area contributed by atoms with E-state index in [0.717, 1.165) is 5.56 Å². The number of rotatable bonds is 5. The number of ketones is 1. The van der Waals surface area contributed by atoms with Crippen LogP contribution in [0, 0.1) is 13.3 Å². The molecule has 0 aromatic heterocycles. The van der Waals surface area contributed by atoms with Crippen molar-refractivity contribution in [3.05, 3.63) is 146 Å². The molecular weight excluding hydrogens is 540 g/mol. The van der Waals surface area contributed by atoms with Crippen molar-refractivity contribution >= 4 is 35.7 Å². The molecule has 5 heteroatoms. The van der Waals surface area contributed by atoms with Gasteiger partial charge in [-0.15, -0.1) is 0 Å². The molecule has 0 aliphatic rings. The van der Waals surface area contributed by atoms with E-state index in [-0.39, 0.29) is 25.3 Å². The van der Waals surface area contributed by atoms with Crippen LogP contribution in [0.25, 0.3) is 6.08 Å². The molecule has 4 aromatic carbocycles. The Morgan fingerprint density at radius 3 is 1.17 bits per heavy atom. The third kappa shape index (κ3) is 12.2. The summed E-state index contributed by atoms with van der Waals surface area (Å²) >= 11 is 0. The molecule has 4 aromatic rings. The molecule has 0 aliphatic carbocycles. The van der Waals surface area contributed by atoms with Gasteiger partial charge in [-0.1, -0.05) is 127 Å². The molecule has 0 radical (unpaired) electrons. The molecule has 0 spiro atoms. The average Bonchev–Trinajstić information content (AvgIpc) is 2.93. The maximum Gasteiger partial charge on any atom is 0 e. The van der Waals surface area contributed by atoms with Crippen molar-refractivity contribution in [3.8, 4) is 0 Å². The second-order valence-electron chi connectivity index (χ2n) is 6.70. The number of allylic oxidation sites excluding steroid dienone is 1. The summed E-state index contributed by atoms with van der Waals surface area (Å²) in [6.07, 6.45) is 3.37. The predicted octanol–water partition coefficient (Wildman–Crippen LogP) is 5.66. The predicted molar refractivity (Wildman–Crippen MR) is 139 cm³/mol. The maximum absolute atomic E-state index is 10.5. The Labute approximate surface area is 221 Å². The van der Waals surface area contributed by atoms with Crippen LogP contribution < -0.4 is 15.9 Å². The van der Waals surface area contributed by atoms with Gasteiger partial charge in [0.25, 0.3) is 0 Å². The number of carbonyl (C=O) groups is 1. The quantitative estimate of drug-likeness (QED) is 0.101. The zero-order chi connectivity index (χ0) is 25.0. The van der Waals surface area contributed by atoms with Gasteiger partial charge in [0.05, 0.1) is 0 Å². The van der Waals surface area contributed by atoms with Crippen LogP contribution in [0.15, 0.2) is 127 Å². The van der Waals surface area contributed by atoms with Crippen LogP contribution in [0.5, 0.6) is 0 Å². The SMILES string of the molecule is CC(=O)/C=C/c1ccccc1.[C-]#[O+].[C-]#[O+].[Ru].c1ccc(P(c2ccccc2)c2ccccc2)cc1. The molecule has 0 heterocycles. The molecule has 0 saturated heterocycles. The molecule has 3 nitrogen and oxygen atoms in total. The Morgan fingerprint density at radius 2 is 0.886 bits per heavy atom. The summed E-state index contributed by atoms with van der Waals surface area (Å²) in [6.45, 7) is 10.5. The monoisotopic (exact) mass is 566 g/mol. The number of hydrogen-bond acceptors (Lipinski definition) is 1. The molecule has 0 saturated carbocycles. The van der Waals surface area contributed by atoms with Gasteiger partial charge in [-0.05, 0) is 42.4 Å². The molecule has 0 fully saturated rings. The summed E-state index contributed by atoms with van der Waals surface area (Å²) < 4.78 is 15.0. The molecule has 0 N–H and O–H groups in total. The molecule has 0 unspecified atom stereocenters. The van der Waals surface area contributed by atoms with Gasteiger partial charge in [0.2, 0.25) is 0 Å². The van der Waals surface area contributed by atoms with Crippen molar-refractivity contribution in [2.75, 3.05) is 0 Å². The van der Waals surface area contributed by atoms with Crippen LogP contribution in [0.2, 0.25) is 0 Å². The topological polar surface area (TPSA) is 56.9 Å². The van der Waals surface area contributed by atoms with E-state index < -0.39 is 7.92 Å². The van der Waals surface area contributed by atoms with E-state index in [9.17, 15) is 4.79 Å². The van der Waals surface area contributed by atoms with Crippen LogP contribution in [0.3, 0.4) is 0 Å². The minimum atomic E-state index is -0.446. The van der Waals surface area contributed by atoms with Gasteiger partial charge in [0, 0.05) is 19.5 Å². The molecule has 0 amide bonds. The van der Waals surface area contributed by atoms with E-state index in [2.05, 4.69) is 104 Å². The Kier molecular flexibility index (Phi) is 18.4. The van der Waals surface area contributed by atoms with Crippen LogP contribution >= 0.6 is 7.92 Å². The Morgan fingerprint density at radius 1 is 0.600 bits per heavy atom. The third-order valence-electron chi connectivity index (χ3n) is 4.35. The van der Waals surface area contributed by atoms with Crippen molar-refractivity contribution in [1.29, 1.82) is 0 Å². The first-order valence-electron chi connectivity index (χ1n) is 10.3. The van der Waals surface area contributed by atoms with Gasteiger partial charge < -0.3 is 0 Å². The summed E-state index contributed by atoms with van der Waals surface area (Å²) in [5.74, 6) is 0.0776. The summed E-state index contributed by atoms with van der Waals surface area (Å²) in [6, 6.07) is 42.1. The van der Waals surface area contributed by atoms with Crippen molar-refractivity contribution in [3.63, 3.8) is 0 Å². The van der Waals surface area contributed by atoms with Crippen molar-refractivity contribution in [2.24, 2.45) is 0 Å². The molecule has 4 rings (SSSR count). The van der Waals surface area contributed by atoms with Crippen molar-refractivity contribution in [2.45, 2.75) is 6.92 Å². The first-order valence-corrected chi connectivity index (χ1v) is 11.7. The fourth-order valence-electron chi connectivity index (χ4n) is 2.96. The van der Waals surface area contributed by atoms with Crippen molar-refractivity contribution in [1.82, 2.24) is 0 Å². The largest absolute Gasteiger partial charge is 0.0622 e. The minimum absolute atomic E-state index is 0. The van der Waals surface area contributed by atoms with Gasteiger partial charge in [0.1, 0.15) is 0 Å². The van der Waals surface area contributed by atoms with E-state index in [1.165, 1.54) is 15.9 Å². The molecular formula is C30H25O3PRu. The molecule has 0 aliphatic heterocycles. The van der Waals surface area contributed by atoms with Gasteiger partial charge in [-0.3, -0.25) is 4.79 Å². The molecule has 0 bridgehead atoms. The first kappa shape index (κ1) is 31.8. The van der Waals surface area contributed by atoms with Crippen LogP contribution in [-0.4, -0.2) is 5.78 Å². The Bertz CT molecular complexity index is 1040. The van der Waals surface area contributed by atoms with E-state index in [1.54, 1.807) is 13.0 Å². The van der Waals surface area contributed by atoms with E-state index in [1.807, 2.05) is 36.4 Å². The fraction of sp³-hybridized carbons (Fsp3) is 0.0333. The summed E-state index contributed by atoms with van der Waals surface area (Å²) in [5, 5.41) is 4.19. The Balaban J connectivity index is 0.000000623. The standard InChI is InChI=1S/C18H15P.C10H10O.2CO.Ru/c1-4-10-16(11-5-1)19(17-12-6-2-7-13-17)18-14-8-3-9-15-18;1-9(11)7-8-10-5-3-2-4-6-10;2*1-2;/h1-15H;2-8H,1H3;;;/b;8-7+;;;. The summed E-state index contributed by atoms with van der Waals surface area (Å²) in [7, 11) is -0.446. The summed E-state index contributed by atoms with van der Waals surface area (Å²) in [5.41, 5.74) is 1.06. The van der Waals surface area contributed by atoms with E-state index in [0.29, 0.717) is 0 Å². The van der Waals surface area contributed by atoms with Gasteiger partial charge in [-0.25, -0.2) is 0 Å². The normalized spacial score (nSPS) is 9.09. The number of hydrogen-bond donors (Lipinski definition) is 0. The third-order valence-corrected chi connectivity index (χ3v) is 6.80. The Hall–Kier alpha value is -3.18. The van der Waals surface area contributed by atoms with Gasteiger partial charge >= 0.3 is 22.6 Å². The maximum atomic E-state index is 10.5. The fourth-order valence-corrected chi connectivity index (χ4v) is 5.26. The smallest absolute Gasteiger partial charge is 0 e. The first-order chi connectivity index (χ1) is 16.7. The molecule has 0 atom stereocenters. The summed E-state index contributed by atoms with van der Waals surface area (Å²) in [4.78, 5) is 10.5. The second-order valence-corrected chi connectivity index (χ2v) is 8.92. The number of carbonyl (C=O) groups excluding carboxylic acids is 1. The zero-order valence-corrected chi connectivity index (χ0v) is 21.9. The van der Waals surface area contributed by atoms with Gasteiger partial charge in [0.15, 0.2) is 5.78 Å². The van der Waals surface area contributed by atoms with Crippen LogP contribution in [0.1, 0.15) is 12.5 Å². The minimum Gasteiger partial charge on any atom is -0.0622 e. The second kappa shape index (κ2) is 20.2. The van der Waals surface area contributed by atoms with Crippen LogP contribution in [-0.2, 0) is 33.6 Å². The van der Waals surface area contributed by atoms with Gasteiger partial charge in [-0.2, -0.15) is 0 Å². The molecule has 176 valence electrons. The average molecular weight is 566 g/mol. The number of benzene rings is 4. The zero-order valence-electron chi connectivity index (χ0n) is 19.2. The van der Waals surface area contributed by atoms with E-state index >= 15 is 0 Å².